The largest absolute Gasteiger partial charge is 0.394 e. The van der Waals surface area contributed by atoms with Crippen LogP contribution in [0.3, 0.4) is 0 Å². The number of imidazole rings is 1. The standard InChI is InChI=1S/C4H6N2.Al.2ClH.Gd.Mo.H2O4S.3H/c1-6-3-2-5-4-6;;;;;;1-5(2,3)4;;;/h2-4H,1H3;;2*1H;;;(H2,1,2,3,4);;;. The van der Waals surface area contributed by atoms with E-state index < -0.39 is 10.4 Å². The van der Waals surface area contributed by atoms with Crippen LogP contribution in [0.25, 0.3) is 0 Å². The topological polar surface area (TPSA) is 92.4 Å². The molecule has 0 aliphatic rings. The number of nitrogens with zero attached hydrogens (tertiary/aromatic N) is 2. The van der Waals surface area contributed by atoms with E-state index in [4.69, 9.17) is 17.5 Å². The van der Waals surface area contributed by atoms with Gasteiger partial charge in [-0.2, -0.15) is 8.42 Å². The van der Waals surface area contributed by atoms with E-state index in [9.17, 15) is 0 Å². The fourth-order valence-corrected chi connectivity index (χ4v) is 0.326. The van der Waals surface area contributed by atoms with Crippen molar-refractivity contribution in [3.8, 4) is 0 Å². The molecule has 0 radical (unpaired) electrons. The Labute approximate surface area is 164 Å². The van der Waals surface area contributed by atoms with Crippen LogP contribution in [0.15, 0.2) is 18.7 Å². The van der Waals surface area contributed by atoms with Gasteiger partial charge in [-0.25, -0.2) is 4.98 Å². The predicted molar refractivity (Wildman–Crippen MR) is 61.8 cm³/mol. The second-order valence-electron chi connectivity index (χ2n) is 1.68. The van der Waals surface area contributed by atoms with Crippen LogP contribution in [0.4, 0.5) is 0 Å². The van der Waals surface area contributed by atoms with Crippen molar-refractivity contribution in [2.75, 3.05) is 0 Å². The SMILES string of the molecule is Cl.Cl.Cn1ccnc1.O=S(=O)(O)O.[AlH3].[Gd].[Mo]. The van der Waals surface area contributed by atoms with Gasteiger partial charge in [-0.05, 0) is 0 Å². The molecule has 0 aromatic carbocycles. The van der Waals surface area contributed by atoms with Crippen LogP contribution in [0.5, 0.6) is 0 Å². The number of halogens is 2. The zero-order valence-electron chi connectivity index (χ0n) is 7.32. The summed E-state index contributed by atoms with van der Waals surface area (Å²) in [5, 5.41) is 0. The molecule has 6 nitrogen and oxygen atoms in total. The van der Waals surface area contributed by atoms with Gasteiger partial charge in [0, 0.05) is 80.4 Å². The van der Waals surface area contributed by atoms with Crippen LogP contribution in [-0.2, 0) is 38.5 Å². The number of rotatable bonds is 0. The van der Waals surface area contributed by atoms with Crippen LogP contribution in [0.1, 0.15) is 0 Å². The van der Waals surface area contributed by atoms with E-state index in [0.29, 0.717) is 0 Å². The van der Waals surface area contributed by atoms with Crippen LogP contribution in [0.2, 0.25) is 0 Å². The summed E-state index contributed by atoms with van der Waals surface area (Å²) >= 11 is 0. The van der Waals surface area contributed by atoms with E-state index in [1.165, 1.54) is 0 Å². The van der Waals surface area contributed by atoms with E-state index in [1.807, 2.05) is 17.8 Å². The van der Waals surface area contributed by atoms with Gasteiger partial charge in [-0.15, -0.1) is 24.8 Å². The second-order valence-corrected chi connectivity index (χ2v) is 2.57. The molecule has 0 saturated carbocycles. The first-order valence-corrected chi connectivity index (χ1v) is 3.91. The minimum Gasteiger partial charge on any atom is -0.341 e. The van der Waals surface area contributed by atoms with Gasteiger partial charge in [-0.1, -0.05) is 0 Å². The summed E-state index contributed by atoms with van der Waals surface area (Å²) < 4.78 is 33.5. The van der Waals surface area contributed by atoms with Crippen molar-refractivity contribution in [1.82, 2.24) is 9.55 Å². The molecule has 1 heterocycles. The summed E-state index contributed by atoms with van der Waals surface area (Å²) in [6, 6.07) is 0. The molecule has 0 spiro atoms. The minimum absolute atomic E-state index is 0. The summed E-state index contributed by atoms with van der Waals surface area (Å²) in [5.41, 5.74) is 0. The molecule has 1 rings (SSSR count). The van der Waals surface area contributed by atoms with Crippen molar-refractivity contribution in [3.05, 3.63) is 18.7 Å². The van der Waals surface area contributed by atoms with E-state index in [1.54, 1.807) is 12.5 Å². The second kappa shape index (κ2) is 19.5. The fourth-order valence-electron chi connectivity index (χ4n) is 0.326. The first-order chi connectivity index (χ1) is 4.89. The normalized spacial score (nSPS) is 6.94. The number of aryl methyl sites for hydroxylation is 1. The Bertz CT molecular complexity index is 293. The molecule has 0 atom stereocenters. The molecule has 1 aromatic rings. The zero-order valence-corrected chi connectivity index (χ0v) is 14.0. The average molecular weight is 536 g/mol. The van der Waals surface area contributed by atoms with Gasteiger partial charge in [0.25, 0.3) is 0 Å². The average Bonchev–Trinajstić information content (AvgIpc) is 2.12. The monoisotopic (exact) mass is 538 g/mol. The van der Waals surface area contributed by atoms with Gasteiger partial charge in [0.2, 0.25) is 0 Å². The van der Waals surface area contributed by atoms with Crippen molar-refractivity contribution in [1.29, 1.82) is 0 Å². The summed E-state index contributed by atoms with van der Waals surface area (Å²) in [6.07, 6.45) is 5.39. The van der Waals surface area contributed by atoms with Gasteiger partial charge in [0.1, 0.15) is 0 Å². The molecular formula is C4H13AlCl2GdMoN2O4S. The number of hydrogen-bond acceptors (Lipinski definition) is 3. The molecule has 16 heavy (non-hydrogen) atoms. The third kappa shape index (κ3) is 44.2. The first-order valence-electron chi connectivity index (χ1n) is 2.51. The molecule has 0 fully saturated rings. The molecule has 0 amide bonds. The number of hydrogen-bond donors (Lipinski definition) is 2. The molecule has 2 N–H and O–H groups in total. The first kappa shape index (κ1) is 36.2. The third-order valence-electron chi connectivity index (χ3n) is 0.637. The molecule has 1 aromatic heterocycles. The van der Waals surface area contributed by atoms with E-state index in [2.05, 4.69) is 4.98 Å². The summed E-state index contributed by atoms with van der Waals surface area (Å²) in [5.74, 6) is 0. The van der Waals surface area contributed by atoms with Crippen molar-refractivity contribution < 1.29 is 78.5 Å². The Morgan fingerprint density at radius 1 is 1.25 bits per heavy atom. The van der Waals surface area contributed by atoms with E-state index in [0.717, 1.165) is 0 Å². The summed E-state index contributed by atoms with van der Waals surface area (Å²) in [7, 11) is -2.73. The van der Waals surface area contributed by atoms with Crippen LogP contribution in [0, 0.1) is 39.9 Å². The smallest absolute Gasteiger partial charge is 0.341 e. The Kier molecular flexibility index (Phi) is 44.2. The van der Waals surface area contributed by atoms with Crippen molar-refractivity contribution >= 4 is 52.6 Å². The van der Waals surface area contributed by atoms with Crippen molar-refractivity contribution in [3.63, 3.8) is 0 Å². The quantitative estimate of drug-likeness (QED) is 0.343. The van der Waals surface area contributed by atoms with Crippen molar-refractivity contribution in [2.45, 2.75) is 0 Å². The molecule has 0 unspecified atom stereocenters. The van der Waals surface area contributed by atoms with Gasteiger partial charge in [0.05, 0.1) is 6.33 Å². The molecule has 0 saturated heterocycles. The van der Waals surface area contributed by atoms with Gasteiger partial charge >= 0.3 is 10.4 Å². The minimum atomic E-state index is -4.67. The Morgan fingerprint density at radius 3 is 1.62 bits per heavy atom. The maximum Gasteiger partial charge on any atom is 0.394 e. The van der Waals surface area contributed by atoms with E-state index >= 15 is 0 Å². The van der Waals surface area contributed by atoms with Gasteiger partial charge in [0.15, 0.2) is 17.4 Å². The molecule has 0 aliphatic carbocycles. The van der Waals surface area contributed by atoms with Gasteiger partial charge < -0.3 is 4.57 Å². The van der Waals surface area contributed by atoms with Crippen LogP contribution >= 0.6 is 24.8 Å². The molecule has 12 heteroatoms. The molecule has 0 aliphatic heterocycles. The Hall–Kier alpha value is 2.21. The summed E-state index contributed by atoms with van der Waals surface area (Å²) in [6.45, 7) is 0. The van der Waals surface area contributed by atoms with Gasteiger partial charge in [-0.3, -0.25) is 9.11 Å². The number of aromatic nitrogens is 2. The molecule has 0 bridgehead atoms. The maximum absolute atomic E-state index is 8.74. The van der Waals surface area contributed by atoms with Crippen LogP contribution < -0.4 is 0 Å². The fraction of sp³-hybridized carbons (Fsp3) is 0.250. The third-order valence-corrected chi connectivity index (χ3v) is 0.637. The van der Waals surface area contributed by atoms with E-state index in [-0.39, 0.29) is 103 Å². The van der Waals surface area contributed by atoms with Crippen LogP contribution in [-0.4, -0.2) is 44.4 Å². The Morgan fingerprint density at radius 2 is 1.56 bits per heavy atom. The zero-order chi connectivity index (χ0) is 8.91. The molecular weight excluding hydrogens is 523 g/mol. The molecule has 100 valence electrons. The summed E-state index contributed by atoms with van der Waals surface area (Å²) in [4.78, 5) is 3.78. The van der Waals surface area contributed by atoms with Crippen molar-refractivity contribution in [2.24, 2.45) is 7.05 Å². The maximum atomic E-state index is 8.74. The Balaban J connectivity index is -0.0000000241. The predicted octanol–water partition coefficient (Wildman–Crippen LogP) is -0.576.